The van der Waals surface area contributed by atoms with Gasteiger partial charge in [-0.05, 0) is 42.8 Å². The lowest BCUT2D eigenvalue weighted by molar-refractivity contribution is 0.339. The number of nitrogens with two attached hydrogens (primary N) is 1. The van der Waals surface area contributed by atoms with Crippen LogP contribution < -0.4 is 15.8 Å². The predicted octanol–water partition coefficient (Wildman–Crippen LogP) is 3.85. The molecule has 0 fully saturated rings. The molecule has 0 aliphatic rings. The van der Waals surface area contributed by atoms with Crippen LogP contribution in [0.3, 0.4) is 0 Å². The molecule has 3 N–H and O–H groups in total. The van der Waals surface area contributed by atoms with E-state index in [0.717, 1.165) is 17.0 Å². The van der Waals surface area contributed by atoms with Gasteiger partial charge >= 0.3 is 0 Å². The fourth-order valence-corrected chi connectivity index (χ4v) is 2.24. The Morgan fingerprint density at radius 2 is 2.00 bits per heavy atom. The van der Waals surface area contributed by atoms with Crippen molar-refractivity contribution in [3.63, 3.8) is 0 Å². The smallest absolute Gasteiger partial charge is 0.119 e. The molecule has 1 unspecified atom stereocenters. The molecule has 2 aromatic rings. The number of hydrogen-bond donors (Lipinski definition) is 2. The molecule has 2 aromatic carbocycles. The topological polar surface area (TPSA) is 47.3 Å². The fourth-order valence-electron chi connectivity index (χ4n) is 2.05. The summed E-state index contributed by atoms with van der Waals surface area (Å²) in [6, 6.07) is 15.6. The number of anilines is 1. The first-order chi connectivity index (χ1) is 9.72. The zero-order chi connectivity index (χ0) is 14.4. The van der Waals surface area contributed by atoms with Gasteiger partial charge in [-0.2, -0.15) is 0 Å². The molecule has 20 heavy (non-hydrogen) atoms. The van der Waals surface area contributed by atoms with Crippen LogP contribution in [0.25, 0.3) is 0 Å². The van der Waals surface area contributed by atoms with Crippen molar-refractivity contribution in [3.8, 4) is 5.75 Å². The summed E-state index contributed by atoms with van der Waals surface area (Å²) in [5, 5.41) is 4.09. The van der Waals surface area contributed by atoms with Gasteiger partial charge in [0.25, 0.3) is 0 Å². The van der Waals surface area contributed by atoms with E-state index in [4.69, 9.17) is 22.1 Å². The molecule has 0 radical (unpaired) electrons. The Morgan fingerprint density at radius 1 is 1.20 bits per heavy atom. The van der Waals surface area contributed by atoms with E-state index in [1.807, 2.05) is 55.5 Å². The van der Waals surface area contributed by atoms with Gasteiger partial charge in [-0.3, -0.25) is 0 Å². The molecule has 0 bridgehead atoms. The average Bonchev–Trinajstić information content (AvgIpc) is 2.45. The maximum Gasteiger partial charge on any atom is 0.119 e. The van der Waals surface area contributed by atoms with Crippen LogP contribution in [0.15, 0.2) is 48.5 Å². The molecule has 0 saturated carbocycles. The Bertz CT molecular complexity index is 560. The summed E-state index contributed by atoms with van der Waals surface area (Å²) >= 11 is 5.99. The summed E-state index contributed by atoms with van der Waals surface area (Å²) in [5.74, 6) is 0.858. The highest BCUT2D eigenvalue weighted by atomic mass is 35.5. The molecular weight excluding hydrogens is 272 g/mol. The lowest BCUT2D eigenvalue weighted by Crippen LogP contribution is -2.20. The Hall–Kier alpha value is -1.71. The van der Waals surface area contributed by atoms with Crippen molar-refractivity contribution in [2.24, 2.45) is 5.73 Å². The molecule has 0 saturated heterocycles. The van der Waals surface area contributed by atoms with E-state index < -0.39 is 0 Å². The second kappa shape index (κ2) is 7.17. The van der Waals surface area contributed by atoms with Gasteiger partial charge in [-0.1, -0.05) is 29.8 Å². The number of nitrogens with one attached hydrogen (secondary N) is 1. The number of ether oxygens (including phenoxy) is 1. The normalized spacial score (nSPS) is 11.9. The molecule has 4 heteroatoms. The third-order valence-corrected chi connectivity index (χ3v) is 3.21. The van der Waals surface area contributed by atoms with Gasteiger partial charge in [0.1, 0.15) is 5.75 Å². The standard InChI is InChI=1S/C16H19ClN2O/c1-2-20-15-8-3-5-12(9-15)16(11-18)19-14-7-4-6-13(17)10-14/h3-10,16,19H,2,11,18H2,1H3. The molecular formula is C16H19ClN2O. The molecule has 0 aliphatic carbocycles. The molecule has 0 aliphatic heterocycles. The maximum atomic E-state index is 5.99. The van der Waals surface area contributed by atoms with Crippen LogP contribution in [-0.4, -0.2) is 13.2 Å². The van der Waals surface area contributed by atoms with Gasteiger partial charge in [-0.15, -0.1) is 0 Å². The summed E-state index contributed by atoms with van der Waals surface area (Å²) in [6.45, 7) is 3.11. The summed E-state index contributed by atoms with van der Waals surface area (Å²) in [5.41, 5.74) is 7.93. The lowest BCUT2D eigenvalue weighted by atomic mass is 10.1. The Morgan fingerprint density at radius 3 is 2.70 bits per heavy atom. The molecule has 1 atom stereocenters. The number of hydrogen-bond acceptors (Lipinski definition) is 3. The van der Waals surface area contributed by atoms with Crippen LogP contribution >= 0.6 is 11.6 Å². The number of halogens is 1. The van der Waals surface area contributed by atoms with Gasteiger partial charge in [-0.25, -0.2) is 0 Å². The van der Waals surface area contributed by atoms with E-state index in [1.165, 1.54) is 0 Å². The van der Waals surface area contributed by atoms with Gasteiger partial charge in [0, 0.05) is 17.3 Å². The van der Waals surface area contributed by atoms with Gasteiger partial charge < -0.3 is 15.8 Å². The molecule has 0 amide bonds. The van der Waals surface area contributed by atoms with Gasteiger partial charge in [0.15, 0.2) is 0 Å². The van der Waals surface area contributed by atoms with Crippen LogP contribution in [0.5, 0.6) is 5.75 Å². The third-order valence-electron chi connectivity index (χ3n) is 2.97. The van der Waals surface area contributed by atoms with Crippen molar-refractivity contribution in [2.45, 2.75) is 13.0 Å². The van der Waals surface area contributed by atoms with E-state index in [1.54, 1.807) is 0 Å². The summed E-state index contributed by atoms with van der Waals surface area (Å²) in [7, 11) is 0. The average molecular weight is 291 g/mol. The van der Waals surface area contributed by atoms with Crippen LogP contribution in [0, 0.1) is 0 Å². The van der Waals surface area contributed by atoms with Crippen LogP contribution in [0.2, 0.25) is 5.02 Å². The van der Waals surface area contributed by atoms with Gasteiger partial charge in [0.2, 0.25) is 0 Å². The monoisotopic (exact) mass is 290 g/mol. The van der Waals surface area contributed by atoms with E-state index >= 15 is 0 Å². The first-order valence-electron chi connectivity index (χ1n) is 6.68. The van der Waals surface area contributed by atoms with Crippen molar-refractivity contribution < 1.29 is 4.74 Å². The minimum Gasteiger partial charge on any atom is -0.494 e. The lowest BCUT2D eigenvalue weighted by Gasteiger charge is -2.19. The van der Waals surface area contributed by atoms with Crippen LogP contribution in [-0.2, 0) is 0 Å². The summed E-state index contributed by atoms with van der Waals surface area (Å²) < 4.78 is 5.52. The summed E-state index contributed by atoms with van der Waals surface area (Å²) in [4.78, 5) is 0. The highest BCUT2D eigenvalue weighted by Gasteiger charge is 2.10. The zero-order valence-electron chi connectivity index (χ0n) is 11.5. The second-order valence-electron chi connectivity index (χ2n) is 4.45. The molecule has 0 aromatic heterocycles. The molecule has 0 spiro atoms. The summed E-state index contributed by atoms with van der Waals surface area (Å²) in [6.07, 6.45) is 0. The van der Waals surface area contributed by atoms with Crippen molar-refractivity contribution in [1.29, 1.82) is 0 Å². The van der Waals surface area contributed by atoms with Crippen molar-refractivity contribution in [3.05, 3.63) is 59.1 Å². The molecule has 3 nitrogen and oxygen atoms in total. The zero-order valence-corrected chi connectivity index (χ0v) is 12.2. The second-order valence-corrected chi connectivity index (χ2v) is 4.88. The van der Waals surface area contributed by atoms with Gasteiger partial charge in [0.05, 0.1) is 12.6 Å². The quantitative estimate of drug-likeness (QED) is 0.849. The Balaban J connectivity index is 2.17. The third kappa shape index (κ3) is 3.89. The largest absolute Gasteiger partial charge is 0.494 e. The minimum absolute atomic E-state index is 0.0221. The van der Waals surface area contributed by atoms with Crippen molar-refractivity contribution >= 4 is 17.3 Å². The van der Waals surface area contributed by atoms with Crippen LogP contribution in [0.1, 0.15) is 18.5 Å². The highest BCUT2D eigenvalue weighted by molar-refractivity contribution is 6.30. The predicted molar refractivity (Wildman–Crippen MR) is 84.5 cm³/mol. The van der Waals surface area contributed by atoms with E-state index in [0.29, 0.717) is 18.2 Å². The molecule has 2 rings (SSSR count). The SMILES string of the molecule is CCOc1cccc(C(CN)Nc2cccc(Cl)c2)c1. The Labute approximate surface area is 124 Å². The first-order valence-corrected chi connectivity index (χ1v) is 7.05. The van der Waals surface area contributed by atoms with Crippen molar-refractivity contribution in [2.75, 3.05) is 18.5 Å². The number of benzene rings is 2. The van der Waals surface area contributed by atoms with Crippen molar-refractivity contribution in [1.82, 2.24) is 0 Å². The molecule has 0 heterocycles. The van der Waals surface area contributed by atoms with Crippen LogP contribution in [0.4, 0.5) is 5.69 Å². The Kier molecular flexibility index (Phi) is 5.27. The van der Waals surface area contributed by atoms with E-state index in [9.17, 15) is 0 Å². The fraction of sp³-hybridized carbons (Fsp3) is 0.250. The highest BCUT2D eigenvalue weighted by Crippen LogP contribution is 2.24. The van der Waals surface area contributed by atoms with E-state index in [2.05, 4.69) is 5.32 Å². The maximum absolute atomic E-state index is 5.99. The minimum atomic E-state index is 0.0221. The first kappa shape index (κ1) is 14.7. The molecule has 106 valence electrons. The van der Waals surface area contributed by atoms with E-state index in [-0.39, 0.29) is 6.04 Å². The number of rotatable bonds is 6.